The van der Waals surface area contributed by atoms with Crippen molar-refractivity contribution >= 4 is 0 Å². The van der Waals surface area contributed by atoms with Crippen LogP contribution >= 0.6 is 0 Å². The van der Waals surface area contributed by atoms with Gasteiger partial charge in [0.2, 0.25) is 0 Å². The lowest BCUT2D eigenvalue weighted by Crippen LogP contribution is -1.96. The summed E-state index contributed by atoms with van der Waals surface area (Å²) >= 11 is 0. The highest BCUT2D eigenvalue weighted by Gasteiger charge is 2.03. The lowest BCUT2D eigenvalue weighted by Gasteiger charge is -2.11. The van der Waals surface area contributed by atoms with Crippen LogP contribution in [0.15, 0.2) is 49.6 Å². The van der Waals surface area contributed by atoms with E-state index < -0.39 is 0 Å². The normalized spacial score (nSPS) is 27.8. The second-order valence-corrected chi connectivity index (χ2v) is 4.56. The zero-order valence-electron chi connectivity index (χ0n) is 10.3. The predicted octanol–water partition coefficient (Wildman–Crippen LogP) is 5.06. The van der Waals surface area contributed by atoms with Gasteiger partial charge in [0.1, 0.15) is 0 Å². The number of allylic oxidation sites excluding steroid dienone is 6. The van der Waals surface area contributed by atoms with Gasteiger partial charge in [-0.2, -0.15) is 0 Å². The molecule has 2 rings (SSSR count). The van der Waals surface area contributed by atoms with Crippen LogP contribution in [0.4, 0.5) is 0 Å². The van der Waals surface area contributed by atoms with Crippen LogP contribution in [0.2, 0.25) is 0 Å². The molecule has 0 aromatic carbocycles. The molecule has 2 atom stereocenters. The van der Waals surface area contributed by atoms with Crippen molar-refractivity contribution in [2.75, 3.05) is 0 Å². The van der Waals surface area contributed by atoms with E-state index >= 15 is 0 Å². The molecule has 0 fully saturated rings. The summed E-state index contributed by atoms with van der Waals surface area (Å²) in [5.74, 6) is 1.53. The SMILES string of the molecule is C=CC1CC=CCC1.C=CC1CC=CCC1. The van der Waals surface area contributed by atoms with Crippen LogP contribution in [-0.4, -0.2) is 0 Å². The van der Waals surface area contributed by atoms with Crippen molar-refractivity contribution in [1.29, 1.82) is 0 Å². The maximum atomic E-state index is 3.75. The van der Waals surface area contributed by atoms with Crippen LogP contribution in [0.3, 0.4) is 0 Å². The summed E-state index contributed by atoms with van der Waals surface area (Å²) in [5.41, 5.74) is 0. The van der Waals surface area contributed by atoms with Crippen LogP contribution in [0.5, 0.6) is 0 Å². The third-order valence-corrected chi connectivity index (χ3v) is 3.29. The van der Waals surface area contributed by atoms with Gasteiger partial charge in [0.05, 0.1) is 0 Å². The maximum absolute atomic E-state index is 3.75. The third-order valence-electron chi connectivity index (χ3n) is 3.29. The van der Waals surface area contributed by atoms with Crippen LogP contribution in [0.1, 0.15) is 38.5 Å². The van der Waals surface area contributed by atoms with Crippen molar-refractivity contribution in [2.45, 2.75) is 38.5 Å². The largest absolute Gasteiger partial charge is 0.103 e. The van der Waals surface area contributed by atoms with Crippen LogP contribution < -0.4 is 0 Å². The molecule has 0 spiro atoms. The molecular formula is C16H24. The monoisotopic (exact) mass is 216 g/mol. The first-order chi connectivity index (χ1) is 7.86. The molecule has 2 aliphatic rings. The molecule has 0 N–H and O–H groups in total. The molecule has 0 heteroatoms. The Bertz CT molecular complexity index is 229. The molecule has 0 aromatic rings. The summed E-state index contributed by atoms with van der Waals surface area (Å²) in [6, 6.07) is 0. The van der Waals surface area contributed by atoms with Crippen molar-refractivity contribution in [3.8, 4) is 0 Å². The van der Waals surface area contributed by atoms with Crippen molar-refractivity contribution in [3.63, 3.8) is 0 Å². The zero-order chi connectivity index (χ0) is 11.6. The molecule has 2 unspecified atom stereocenters. The Morgan fingerprint density at radius 1 is 0.750 bits per heavy atom. The molecule has 0 saturated carbocycles. The number of hydrogen-bond acceptors (Lipinski definition) is 0. The minimum atomic E-state index is 0.764. The van der Waals surface area contributed by atoms with Crippen LogP contribution in [0, 0.1) is 11.8 Å². The van der Waals surface area contributed by atoms with E-state index in [1.54, 1.807) is 0 Å². The maximum Gasteiger partial charge on any atom is -0.0199 e. The van der Waals surface area contributed by atoms with Gasteiger partial charge in [-0.05, 0) is 50.4 Å². The first-order valence-corrected chi connectivity index (χ1v) is 6.42. The van der Waals surface area contributed by atoms with E-state index in [4.69, 9.17) is 0 Å². The smallest absolute Gasteiger partial charge is 0.0199 e. The van der Waals surface area contributed by atoms with Gasteiger partial charge in [-0.3, -0.25) is 0 Å². The number of hydrogen-bond donors (Lipinski definition) is 0. The summed E-state index contributed by atoms with van der Waals surface area (Å²) in [6.45, 7) is 7.50. The molecule has 0 bridgehead atoms. The van der Waals surface area contributed by atoms with Gasteiger partial charge in [0.25, 0.3) is 0 Å². The van der Waals surface area contributed by atoms with Gasteiger partial charge >= 0.3 is 0 Å². The first kappa shape index (κ1) is 13.0. The summed E-state index contributed by atoms with van der Waals surface area (Å²) in [6.07, 6.45) is 20.6. The lowest BCUT2D eigenvalue weighted by atomic mass is 9.95. The molecule has 0 radical (unpaired) electrons. The van der Waals surface area contributed by atoms with Gasteiger partial charge in [0, 0.05) is 0 Å². The van der Waals surface area contributed by atoms with Crippen molar-refractivity contribution in [1.82, 2.24) is 0 Å². The van der Waals surface area contributed by atoms with E-state index in [0.29, 0.717) is 0 Å². The van der Waals surface area contributed by atoms with Gasteiger partial charge in [-0.1, -0.05) is 36.5 Å². The molecule has 2 aliphatic carbocycles. The van der Waals surface area contributed by atoms with E-state index in [2.05, 4.69) is 49.6 Å². The van der Waals surface area contributed by atoms with Gasteiger partial charge in [0.15, 0.2) is 0 Å². The van der Waals surface area contributed by atoms with Crippen molar-refractivity contribution in [2.24, 2.45) is 11.8 Å². The lowest BCUT2D eigenvalue weighted by molar-refractivity contribution is 0.585. The highest BCUT2D eigenvalue weighted by atomic mass is 14.1. The second-order valence-electron chi connectivity index (χ2n) is 4.56. The summed E-state index contributed by atoms with van der Waals surface area (Å²) < 4.78 is 0. The van der Waals surface area contributed by atoms with E-state index in [1.807, 2.05) is 0 Å². The van der Waals surface area contributed by atoms with Crippen LogP contribution in [0.25, 0.3) is 0 Å². The van der Waals surface area contributed by atoms with Crippen molar-refractivity contribution in [3.05, 3.63) is 49.6 Å². The van der Waals surface area contributed by atoms with Gasteiger partial charge in [-0.25, -0.2) is 0 Å². The Morgan fingerprint density at radius 3 is 1.38 bits per heavy atom. The summed E-state index contributed by atoms with van der Waals surface area (Å²) in [5, 5.41) is 0. The Balaban J connectivity index is 0.000000160. The van der Waals surface area contributed by atoms with Crippen LogP contribution in [-0.2, 0) is 0 Å². The van der Waals surface area contributed by atoms with Gasteiger partial charge < -0.3 is 0 Å². The summed E-state index contributed by atoms with van der Waals surface area (Å²) in [4.78, 5) is 0. The van der Waals surface area contributed by atoms with E-state index in [1.165, 1.54) is 38.5 Å². The fourth-order valence-corrected chi connectivity index (χ4v) is 2.06. The quantitative estimate of drug-likeness (QED) is 0.566. The molecule has 0 nitrogen and oxygen atoms in total. The van der Waals surface area contributed by atoms with E-state index in [-0.39, 0.29) is 0 Å². The van der Waals surface area contributed by atoms with E-state index in [9.17, 15) is 0 Å². The highest BCUT2D eigenvalue weighted by molar-refractivity contribution is 4.96. The fourth-order valence-electron chi connectivity index (χ4n) is 2.06. The topological polar surface area (TPSA) is 0 Å². The minimum Gasteiger partial charge on any atom is -0.103 e. The Kier molecular flexibility index (Phi) is 6.64. The van der Waals surface area contributed by atoms with Crippen molar-refractivity contribution < 1.29 is 0 Å². The van der Waals surface area contributed by atoms with E-state index in [0.717, 1.165) is 11.8 Å². The first-order valence-electron chi connectivity index (χ1n) is 6.42. The zero-order valence-corrected chi connectivity index (χ0v) is 10.3. The Labute approximate surface area is 100 Å². The molecule has 0 aromatic heterocycles. The molecular weight excluding hydrogens is 192 g/mol. The standard InChI is InChI=1S/2C8H12/c2*1-2-8-6-4-3-5-7-8/h2*2-4,8H,1,5-7H2. The molecule has 88 valence electrons. The molecule has 0 heterocycles. The molecule has 0 amide bonds. The average Bonchev–Trinajstić information content (AvgIpc) is 2.41. The Morgan fingerprint density at radius 2 is 1.19 bits per heavy atom. The van der Waals surface area contributed by atoms with Gasteiger partial charge in [-0.15, -0.1) is 13.2 Å². The average molecular weight is 216 g/mol. The molecule has 0 aliphatic heterocycles. The number of rotatable bonds is 2. The predicted molar refractivity (Wildman–Crippen MR) is 73.4 cm³/mol. The fraction of sp³-hybridized carbons (Fsp3) is 0.500. The molecule has 16 heavy (non-hydrogen) atoms. The molecule has 0 saturated heterocycles. The highest BCUT2D eigenvalue weighted by Crippen LogP contribution is 2.18. The third kappa shape index (κ3) is 5.16. The minimum absolute atomic E-state index is 0.764. The Hall–Kier alpha value is -1.04. The summed E-state index contributed by atoms with van der Waals surface area (Å²) in [7, 11) is 0. The second kappa shape index (κ2) is 8.15.